The number of aliphatic carboxylic acids is 1. The molecule has 2 unspecified atom stereocenters. The van der Waals surface area contributed by atoms with Crippen molar-refractivity contribution in [3.63, 3.8) is 0 Å². The van der Waals surface area contributed by atoms with Crippen LogP contribution in [0.5, 0.6) is 0 Å². The summed E-state index contributed by atoms with van der Waals surface area (Å²) >= 11 is 0. The van der Waals surface area contributed by atoms with Crippen molar-refractivity contribution in [2.45, 2.75) is 161 Å². The summed E-state index contributed by atoms with van der Waals surface area (Å²) in [7, 11) is 5.37. The highest BCUT2D eigenvalue weighted by atomic mass is 16.6. The van der Waals surface area contributed by atoms with Crippen LogP contribution >= 0.6 is 0 Å². The Morgan fingerprint density at radius 3 is 1.52 bits per heavy atom. The maximum Gasteiger partial charge on any atom is 0.306 e. The number of quaternary nitrogens is 1. The van der Waals surface area contributed by atoms with Gasteiger partial charge in [-0.3, -0.25) is 9.59 Å². The summed E-state index contributed by atoms with van der Waals surface area (Å²) in [6.45, 7) is 4.49. The van der Waals surface area contributed by atoms with E-state index in [0.717, 1.165) is 51.4 Å². The van der Waals surface area contributed by atoms with E-state index in [1.165, 1.54) is 51.4 Å². The predicted octanol–water partition coefficient (Wildman–Crippen LogP) is 9.85. The van der Waals surface area contributed by atoms with Gasteiger partial charge in [-0.05, 0) is 83.5 Å². The fourth-order valence-corrected chi connectivity index (χ4v) is 5.50. The number of ether oxygens (including phenoxy) is 3. The monoisotopic (exact) mass is 756 g/mol. The van der Waals surface area contributed by atoms with Gasteiger partial charge in [-0.15, -0.1) is 0 Å². The molecular formula is C46H77NO7. The maximum absolute atomic E-state index is 12.7. The molecule has 308 valence electrons. The number of carboxylic acid groups (broad SMARTS) is 1. The summed E-state index contributed by atoms with van der Waals surface area (Å²) in [6.07, 6.45) is 45.2. The summed E-state index contributed by atoms with van der Waals surface area (Å²) in [5.41, 5.74) is 0. The molecule has 0 spiro atoms. The maximum atomic E-state index is 12.7. The third-order valence-electron chi connectivity index (χ3n) is 8.82. The predicted molar refractivity (Wildman–Crippen MR) is 222 cm³/mol. The van der Waals surface area contributed by atoms with Gasteiger partial charge in [0.15, 0.2) is 6.10 Å². The van der Waals surface area contributed by atoms with E-state index in [1.807, 2.05) is 0 Å². The largest absolute Gasteiger partial charge is 0.544 e. The molecule has 2 atom stereocenters. The van der Waals surface area contributed by atoms with Crippen LogP contribution < -0.4 is 5.11 Å². The molecule has 8 nitrogen and oxygen atoms in total. The number of likely N-dealkylation sites (N-methyl/N-ethyl adjacent to an activating group) is 1. The highest BCUT2D eigenvalue weighted by molar-refractivity contribution is 5.70. The van der Waals surface area contributed by atoms with Crippen LogP contribution in [0.25, 0.3) is 0 Å². The zero-order valence-corrected chi connectivity index (χ0v) is 34.9. The summed E-state index contributed by atoms with van der Waals surface area (Å²) in [5, 5.41) is 11.6. The second-order valence-corrected chi connectivity index (χ2v) is 14.9. The fourth-order valence-electron chi connectivity index (χ4n) is 5.50. The van der Waals surface area contributed by atoms with Gasteiger partial charge in [0.1, 0.15) is 12.6 Å². The van der Waals surface area contributed by atoms with Gasteiger partial charge in [0.05, 0.1) is 40.3 Å². The number of allylic oxidation sites excluding steroid dienone is 12. The molecule has 0 aliphatic heterocycles. The Kier molecular flexibility index (Phi) is 34.5. The van der Waals surface area contributed by atoms with E-state index in [0.29, 0.717) is 12.8 Å². The topological polar surface area (TPSA) is 102 Å². The number of hydrogen-bond donors (Lipinski definition) is 0. The zero-order valence-electron chi connectivity index (χ0n) is 34.9. The van der Waals surface area contributed by atoms with E-state index in [4.69, 9.17) is 14.2 Å². The van der Waals surface area contributed by atoms with Crippen LogP contribution in [-0.4, -0.2) is 75.5 Å². The second kappa shape index (κ2) is 36.7. The number of esters is 2. The Morgan fingerprint density at radius 2 is 1.00 bits per heavy atom. The summed E-state index contributed by atoms with van der Waals surface area (Å²) in [6, 6.07) is -0.739. The molecule has 54 heavy (non-hydrogen) atoms. The quantitative estimate of drug-likeness (QED) is 0.0272. The Labute approximate surface area is 330 Å². The third kappa shape index (κ3) is 34.5. The van der Waals surface area contributed by atoms with Gasteiger partial charge in [0.2, 0.25) is 0 Å². The Bertz CT molecular complexity index is 1110. The lowest BCUT2D eigenvalue weighted by molar-refractivity contribution is -0.889. The Balaban J connectivity index is 4.45. The average Bonchev–Trinajstić information content (AvgIpc) is 3.12. The first-order chi connectivity index (χ1) is 26.1. The van der Waals surface area contributed by atoms with Crippen molar-refractivity contribution in [2.75, 3.05) is 41.0 Å². The Hall–Kier alpha value is -3.23. The van der Waals surface area contributed by atoms with Crippen molar-refractivity contribution in [1.82, 2.24) is 0 Å². The van der Waals surface area contributed by atoms with Crippen molar-refractivity contribution in [1.29, 1.82) is 0 Å². The third-order valence-corrected chi connectivity index (χ3v) is 8.82. The molecule has 0 saturated carbocycles. The number of carbonyl (C=O) groups excluding carboxylic acids is 3. The first-order valence-corrected chi connectivity index (χ1v) is 21.0. The molecule has 0 saturated heterocycles. The second-order valence-electron chi connectivity index (χ2n) is 14.9. The standard InChI is InChI=1S/C46H77NO7/c1-6-8-10-12-14-16-17-18-19-20-21-22-23-24-25-26-27-29-31-33-35-37-45(49)54-42(40-52-39-38-43(46(50)51)47(3,4)5)41-53-44(48)36-34-32-30-28-15-13-11-9-7-2/h14,16,18-19,21-22,24-25,27-30,42-43H,6-13,15,17,20,23,26,31-41H2,1-5H3/b16-14+,19-18+,22-21+,25-24+,29-27+,30-28+. The summed E-state index contributed by atoms with van der Waals surface area (Å²) in [4.78, 5) is 36.6. The normalized spacial score (nSPS) is 13.7. The summed E-state index contributed by atoms with van der Waals surface area (Å²) in [5.74, 6) is -1.85. The number of rotatable bonds is 36. The minimum Gasteiger partial charge on any atom is -0.544 e. The van der Waals surface area contributed by atoms with Gasteiger partial charge in [0.25, 0.3) is 0 Å². The van der Waals surface area contributed by atoms with Crippen LogP contribution in [-0.2, 0) is 28.6 Å². The molecule has 0 aliphatic carbocycles. The molecule has 0 rings (SSSR count). The Morgan fingerprint density at radius 1 is 0.556 bits per heavy atom. The summed E-state index contributed by atoms with van der Waals surface area (Å²) < 4.78 is 17.0. The molecule has 0 bridgehead atoms. The van der Waals surface area contributed by atoms with Crippen molar-refractivity contribution in [3.8, 4) is 0 Å². The van der Waals surface area contributed by atoms with E-state index in [9.17, 15) is 19.5 Å². The van der Waals surface area contributed by atoms with Crippen molar-refractivity contribution in [2.24, 2.45) is 0 Å². The van der Waals surface area contributed by atoms with E-state index >= 15 is 0 Å². The van der Waals surface area contributed by atoms with Crippen molar-refractivity contribution < 1.29 is 38.2 Å². The van der Waals surface area contributed by atoms with E-state index in [-0.39, 0.29) is 55.5 Å². The minimum absolute atomic E-state index is 0.0108. The lowest BCUT2D eigenvalue weighted by atomic mass is 10.1. The molecule has 0 amide bonds. The average molecular weight is 756 g/mol. The minimum atomic E-state index is -1.14. The van der Waals surface area contributed by atoms with Crippen LogP contribution in [0, 0.1) is 0 Å². The molecule has 0 aromatic heterocycles. The number of nitrogens with zero attached hydrogens (tertiary/aromatic N) is 1. The van der Waals surface area contributed by atoms with Gasteiger partial charge >= 0.3 is 11.9 Å². The molecule has 0 aromatic carbocycles. The van der Waals surface area contributed by atoms with Crippen LogP contribution in [0.4, 0.5) is 0 Å². The zero-order chi connectivity index (χ0) is 40.0. The molecule has 0 aliphatic rings. The van der Waals surface area contributed by atoms with Gasteiger partial charge in [-0.2, -0.15) is 0 Å². The molecule has 0 fully saturated rings. The molecule has 8 heteroatoms. The van der Waals surface area contributed by atoms with Gasteiger partial charge < -0.3 is 28.6 Å². The number of unbranched alkanes of at least 4 members (excludes halogenated alkanes) is 10. The molecule has 0 N–H and O–H groups in total. The van der Waals surface area contributed by atoms with Crippen molar-refractivity contribution in [3.05, 3.63) is 72.9 Å². The molecule has 0 aromatic rings. The van der Waals surface area contributed by atoms with Gasteiger partial charge in [-0.25, -0.2) is 0 Å². The number of carboxylic acids is 1. The van der Waals surface area contributed by atoms with Gasteiger partial charge in [-0.1, -0.05) is 119 Å². The van der Waals surface area contributed by atoms with Crippen LogP contribution in [0.3, 0.4) is 0 Å². The van der Waals surface area contributed by atoms with Crippen LogP contribution in [0.1, 0.15) is 149 Å². The highest BCUT2D eigenvalue weighted by Gasteiger charge is 2.25. The number of carbonyl (C=O) groups is 3. The van der Waals surface area contributed by atoms with E-state index < -0.39 is 18.1 Å². The first kappa shape index (κ1) is 50.8. The van der Waals surface area contributed by atoms with Crippen molar-refractivity contribution >= 4 is 17.9 Å². The SMILES string of the molecule is CCCCC/C=C/C/C=C/C/C=C/C/C=C/C/C=C/CCCCC(=O)OC(COCCC(C(=O)[O-])[N+](C)(C)C)COC(=O)CCC/C=C/CCCCCC. The lowest BCUT2D eigenvalue weighted by Crippen LogP contribution is -2.55. The highest BCUT2D eigenvalue weighted by Crippen LogP contribution is 2.11. The molecule has 0 radical (unpaired) electrons. The van der Waals surface area contributed by atoms with E-state index in [1.54, 1.807) is 21.1 Å². The number of hydrogen-bond acceptors (Lipinski definition) is 7. The van der Waals surface area contributed by atoms with Gasteiger partial charge in [0, 0.05) is 19.3 Å². The molecule has 0 heterocycles. The smallest absolute Gasteiger partial charge is 0.306 e. The van der Waals surface area contributed by atoms with Crippen LogP contribution in [0.15, 0.2) is 72.9 Å². The van der Waals surface area contributed by atoms with E-state index in [2.05, 4.69) is 86.8 Å². The lowest BCUT2D eigenvalue weighted by Gasteiger charge is -2.34. The first-order valence-electron chi connectivity index (χ1n) is 21.0. The molecular weight excluding hydrogens is 679 g/mol. The van der Waals surface area contributed by atoms with Crippen LogP contribution in [0.2, 0.25) is 0 Å². The fraction of sp³-hybridized carbons (Fsp3) is 0.674.